The molecule has 0 aliphatic heterocycles. The van der Waals surface area contributed by atoms with Gasteiger partial charge in [0, 0.05) is 5.69 Å². The van der Waals surface area contributed by atoms with E-state index in [0.29, 0.717) is 17.8 Å². The minimum Gasteiger partial charge on any atom is -0.478 e. The highest BCUT2D eigenvalue weighted by Crippen LogP contribution is 2.40. The lowest BCUT2D eigenvalue weighted by Gasteiger charge is -2.16. The molecule has 0 spiro atoms. The van der Waals surface area contributed by atoms with Gasteiger partial charge >= 0.3 is 18.3 Å². The first-order valence-corrected chi connectivity index (χ1v) is 8.32. The second kappa shape index (κ2) is 9.16. The van der Waals surface area contributed by atoms with Crippen LogP contribution in [0.3, 0.4) is 0 Å². The van der Waals surface area contributed by atoms with Gasteiger partial charge in [0.2, 0.25) is 0 Å². The zero-order chi connectivity index (χ0) is 22.5. The van der Waals surface area contributed by atoms with Crippen LogP contribution in [0.2, 0.25) is 0 Å². The summed E-state index contributed by atoms with van der Waals surface area (Å²) in [5, 5.41) is 11.6. The van der Waals surface area contributed by atoms with E-state index in [-0.39, 0.29) is 17.7 Å². The van der Waals surface area contributed by atoms with E-state index in [0.717, 1.165) is 6.07 Å². The Kier molecular flexibility index (Phi) is 7.08. The summed E-state index contributed by atoms with van der Waals surface area (Å²) in [5.74, 6) is -1.65. The van der Waals surface area contributed by atoms with Gasteiger partial charge < -0.3 is 15.2 Å². The molecule has 0 saturated heterocycles. The van der Waals surface area contributed by atoms with E-state index in [1.165, 1.54) is 24.3 Å². The fourth-order valence-corrected chi connectivity index (χ4v) is 2.46. The smallest absolute Gasteiger partial charge is 0.417 e. The van der Waals surface area contributed by atoms with E-state index < -0.39 is 48.4 Å². The van der Waals surface area contributed by atoms with Gasteiger partial charge in [-0.2, -0.15) is 26.3 Å². The molecule has 0 aliphatic rings. The molecule has 0 atom stereocenters. The second-order valence-electron chi connectivity index (χ2n) is 6.15. The van der Waals surface area contributed by atoms with Gasteiger partial charge in [-0.05, 0) is 35.9 Å². The second-order valence-corrected chi connectivity index (χ2v) is 6.15. The molecule has 0 saturated carbocycles. The van der Waals surface area contributed by atoms with E-state index in [1.54, 1.807) is 0 Å². The summed E-state index contributed by atoms with van der Waals surface area (Å²) in [6.07, 6.45) is -10.4. The highest BCUT2D eigenvalue weighted by molar-refractivity contribution is 5.89. The number of alkyl halides is 6. The predicted molar refractivity (Wildman–Crippen MR) is 93.0 cm³/mol. The number of ketones is 1. The molecule has 0 fully saturated rings. The minimum absolute atomic E-state index is 0.00599. The maximum atomic E-state index is 12.9. The number of ether oxygens (including phenoxy) is 1. The first-order valence-electron chi connectivity index (χ1n) is 8.32. The Morgan fingerprint density at radius 1 is 0.933 bits per heavy atom. The quantitative estimate of drug-likeness (QED) is 0.592. The normalized spacial score (nSPS) is 11.9. The average molecular weight is 435 g/mol. The van der Waals surface area contributed by atoms with Crippen LogP contribution in [-0.4, -0.2) is 30.0 Å². The van der Waals surface area contributed by atoms with Gasteiger partial charge in [-0.15, -0.1) is 0 Å². The number of benzene rings is 2. The van der Waals surface area contributed by atoms with Gasteiger partial charge in [0.1, 0.15) is 6.61 Å². The fourth-order valence-electron chi connectivity index (χ4n) is 2.46. The molecule has 11 heteroatoms. The van der Waals surface area contributed by atoms with Crippen molar-refractivity contribution in [2.45, 2.75) is 19.0 Å². The van der Waals surface area contributed by atoms with Crippen LogP contribution in [0, 0.1) is 0 Å². The van der Waals surface area contributed by atoms with Crippen LogP contribution in [-0.2, 0) is 28.5 Å². The molecule has 0 aliphatic carbocycles. The molecular formula is C19H15F6NO4. The number of anilines is 1. The topological polar surface area (TPSA) is 75.6 Å². The molecule has 2 aromatic rings. The fraction of sp³-hybridized carbons (Fsp3) is 0.263. The Balaban J connectivity index is 1.92. The van der Waals surface area contributed by atoms with Gasteiger partial charge in [0.05, 0.1) is 29.8 Å². The number of hydrogen-bond acceptors (Lipinski definition) is 4. The van der Waals surface area contributed by atoms with Crippen molar-refractivity contribution in [2.75, 3.05) is 18.5 Å². The van der Waals surface area contributed by atoms with E-state index in [9.17, 15) is 35.9 Å². The maximum absolute atomic E-state index is 12.9. The highest BCUT2D eigenvalue weighted by Gasteiger charge is 2.43. The molecule has 5 nitrogen and oxygen atoms in total. The predicted octanol–water partition coefficient (Wildman–Crippen LogP) is 4.62. The van der Waals surface area contributed by atoms with Gasteiger partial charge in [0.25, 0.3) is 0 Å². The Hall–Kier alpha value is -3.08. The van der Waals surface area contributed by atoms with Gasteiger partial charge in [0.15, 0.2) is 5.78 Å². The lowest BCUT2D eigenvalue weighted by molar-refractivity contribution is -0.162. The number of carboxylic acids is 1. The van der Waals surface area contributed by atoms with E-state index >= 15 is 0 Å². The number of carbonyl (C=O) groups excluding carboxylic acids is 1. The first kappa shape index (κ1) is 23.2. The van der Waals surface area contributed by atoms with Crippen LogP contribution in [0.25, 0.3) is 0 Å². The molecule has 0 bridgehead atoms. The number of Topliss-reactive ketones (excluding diaryl/α,β-unsaturated/α-hetero) is 1. The third-order valence-corrected chi connectivity index (χ3v) is 3.83. The third kappa shape index (κ3) is 6.48. The molecule has 30 heavy (non-hydrogen) atoms. The molecular weight excluding hydrogens is 420 g/mol. The number of hydrogen-bond donors (Lipinski definition) is 2. The zero-order valence-corrected chi connectivity index (χ0v) is 15.1. The van der Waals surface area contributed by atoms with Gasteiger partial charge in [-0.3, -0.25) is 4.79 Å². The van der Waals surface area contributed by atoms with Crippen molar-refractivity contribution in [3.8, 4) is 0 Å². The van der Waals surface area contributed by atoms with Crippen LogP contribution in [0.4, 0.5) is 32.0 Å². The van der Waals surface area contributed by atoms with Crippen molar-refractivity contribution in [3.63, 3.8) is 0 Å². The number of halogens is 6. The summed E-state index contributed by atoms with van der Waals surface area (Å²) < 4.78 is 82.0. The summed E-state index contributed by atoms with van der Waals surface area (Å²) in [7, 11) is 0. The summed E-state index contributed by atoms with van der Waals surface area (Å²) >= 11 is 0. The highest BCUT2D eigenvalue weighted by atomic mass is 19.4. The summed E-state index contributed by atoms with van der Waals surface area (Å²) in [6.45, 7) is -1.25. The SMILES string of the molecule is O=C(CNc1cccc(C(=O)O)c1)COCc1ccc(C(F)(F)F)c(C(F)(F)F)c1. The van der Waals surface area contributed by atoms with Gasteiger partial charge in [-0.1, -0.05) is 12.1 Å². The lowest BCUT2D eigenvalue weighted by Crippen LogP contribution is -2.20. The standard InChI is InChI=1S/C19H15F6NO4/c20-18(21,22)15-5-4-11(6-16(15)19(23,24)25)9-30-10-14(27)8-26-13-3-1-2-12(7-13)17(28)29/h1-7,26H,8-10H2,(H,28,29). The maximum Gasteiger partial charge on any atom is 0.417 e. The van der Waals surface area contributed by atoms with Crippen molar-refractivity contribution in [2.24, 2.45) is 0 Å². The molecule has 0 unspecified atom stereocenters. The number of carbonyl (C=O) groups is 2. The Bertz CT molecular complexity index is 924. The molecule has 2 rings (SSSR count). The summed E-state index contributed by atoms with van der Waals surface area (Å²) in [4.78, 5) is 22.7. The number of rotatable bonds is 8. The molecule has 2 aromatic carbocycles. The molecule has 0 heterocycles. The molecule has 0 aromatic heterocycles. The van der Waals surface area contributed by atoms with Crippen molar-refractivity contribution < 1.29 is 45.8 Å². The van der Waals surface area contributed by atoms with Crippen LogP contribution in [0.5, 0.6) is 0 Å². The summed E-state index contributed by atoms with van der Waals surface area (Å²) in [5.41, 5.74) is -3.44. The van der Waals surface area contributed by atoms with Crippen LogP contribution < -0.4 is 5.32 Å². The number of aromatic carboxylic acids is 1. The van der Waals surface area contributed by atoms with Crippen molar-refractivity contribution >= 4 is 17.4 Å². The lowest BCUT2D eigenvalue weighted by atomic mass is 10.0. The minimum atomic E-state index is -5.20. The van der Waals surface area contributed by atoms with E-state index in [4.69, 9.17) is 9.84 Å². The molecule has 0 amide bonds. The molecule has 2 N–H and O–H groups in total. The largest absolute Gasteiger partial charge is 0.478 e. The van der Waals surface area contributed by atoms with E-state index in [2.05, 4.69) is 5.32 Å². The Morgan fingerprint density at radius 3 is 2.20 bits per heavy atom. The summed E-state index contributed by atoms with van der Waals surface area (Å²) in [6, 6.07) is 7.16. The van der Waals surface area contributed by atoms with E-state index in [1.807, 2.05) is 0 Å². The number of carboxylic acid groups (broad SMARTS) is 1. The Morgan fingerprint density at radius 2 is 1.60 bits per heavy atom. The van der Waals surface area contributed by atoms with Gasteiger partial charge in [-0.25, -0.2) is 4.79 Å². The average Bonchev–Trinajstić information content (AvgIpc) is 2.65. The van der Waals surface area contributed by atoms with Crippen LogP contribution >= 0.6 is 0 Å². The Labute approximate surface area is 166 Å². The first-order chi connectivity index (χ1) is 13.9. The monoisotopic (exact) mass is 435 g/mol. The van der Waals surface area contributed by atoms with Crippen molar-refractivity contribution in [1.82, 2.24) is 0 Å². The number of nitrogens with one attached hydrogen (secondary N) is 1. The molecule has 162 valence electrons. The molecule has 0 radical (unpaired) electrons. The van der Waals surface area contributed by atoms with Crippen LogP contribution in [0.1, 0.15) is 27.0 Å². The third-order valence-electron chi connectivity index (χ3n) is 3.83. The zero-order valence-electron chi connectivity index (χ0n) is 15.1. The van der Waals surface area contributed by atoms with Crippen molar-refractivity contribution in [1.29, 1.82) is 0 Å². The van der Waals surface area contributed by atoms with Crippen LogP contribution in [0.15, 0.2) is 42.5 Å². The van der Waals surface area contributed by atoms with Crippen molar-refractivity contribution in [3.05, 3.63) is 64.7 Å².